The Morgan fingerprint density at radius 3 is 2.91 bits per heavy atom. The topological polar surface area (TPSA) is 75.3 Å². The molecule has 0 spiro atoms. The minimum atomic E-state index is -0.161. The van der Waals surface area contributed by atoms with Crippen LogP contribution in [0, 0.1) is 18.3 Å². The van der Waals surface area contributed by atoms with Gasteiger partial charge in [-0.15, -0.1) is 0 Å². The lowest BCUT2D eigenvalue weighted by atomic mass is 10.1. The summed E-state index contributed by atoms with van der Waals surface area (Å²) in [6.07, 6.45) is 0.662. The van der Waals surface area contributed by atoms with E-state index in [1.54, 1.807) is 24.1 Å². The zero-order valence-corrected chi connectivity index (χ0v) is 13.1. The maximum absolute atomic E-state index is 11.5. The van der Waals surface area contributed by atoms with Gasteiger partial charge in [-0.05, 0) is 30.7 Å². The second-order valence-corrected chi connectivity index (χ2v) is 5.79. The van der Waals surface area contributed by atoms with Crippen molar-refractivity contribution in [1.29, 1.82) is 5.26 Å². The predicted molar refractivity (Wildman–Crippen MR) is 84.2 cm³/mol. The summed E-state index contributed by atoms with van der Waals surface area (Å²) < 4.78 is 7.47. The molecule has 1 aromatic heterocycles. The highest BCUT2D eigenvalue weighted by atomic mass is 16.5. The molecule has 0 N–H and O–H groups in total. The number of amides is 1. The lowest BCUT2D eigenvalue weighted by Crippen LogP contribution is -2.45. The van der Waals surface area contributed by atoms with Gasteiger partial charge in [-0.3, -0.25) is 9.59 Å². The number of rotatable bonds is 3. The highest BCUT2D eigenvalue weighted by Crippen LogP contribution is 2.26. The summed E-state index contributed by atoms with van der Waals surface area (Å²) in [5, 5.41) is 10.3. The summed E-state index contributed by atoms with van der Waals surface area (Å²) in [6, 6.07) is 7.61. The molecule has 1 amide bonds. The molecule has 1 atom stereocenters. The standard InChI is InChI=1S/C17H17N3O3/c1-11-12(9-21)3-4-16-15(11)5-13(6-18)20(16)8-14-7-19(2)17(22)10-23-14/h3-5,9,14H,7-8,10H2,1-2H3. The lowest BCUT2D eigenvalue weighted by molar-refractivity contribution is -0.147. The largest absolute Gasteiger partial charge is 0.365 e. The number of aryl methyl sites for hydroxylation is 1. The molecule has 0 bridgehead atoms. The van der Waals surface area contributed by atoms with E-state index in [4.69, 9.17) is 4.74 Å². The minimum absolute atomic E-state index is 0.0365. The second kappa shape index (κ2) is 5.86. The van der Waals surface area contributed by atoms with E-state index in [0.717, 1.165) is 22.8 Å². The SMILES string of the molecule is Cc1c(C=O)ccc2c1cc(C#N)n2CC1CN(C)C(=O)CO1. The van der Waals surface area contributed by atoms with Gasteiger partial charge in [-0.2, -0.15) is 5.26 Å². The molecule has 2 heterocycles. The number of fused-ring (bicyclic) bond motifs is 1. The average molecular weight is 311 g/mol. The molecule has 0 radical (unpaired) electrons. The van der Waals surface area contributed by atoms with Crippen LogP contribution in [0.1, 0.15) is 21.6 Å². The summed E-state index contributed by atoms with van der Waals surface area (Å²) in [5.41, 5.74) is 2.91. The molecule has 0 aliphatic carbocycles. The Morgan fingerprint density at radius 1 is 1.48 bits per heavy atom. The zero-order chi connectivity index (χ0) is 16.6. The van der Waals surface area contributed by atoms with Crippen molar-refractivity contribution in [2.24, 2.45) is 0 Å². The fourth-order valence-electron chi connectivity index (χ4n) is 2.98. The van der Waals surface area contributed by atoms with E-state index in [1.165, 1.54) is 0 Å². The van der Waals surface area contributed by atoms with E-state index in [1.807, 2.05) is 17.6 Å². The van der Waals surface area contributed by atoms with Crippen LogP contribution in [0.5, 0.6) is 0 Å². The van der Waals surface area contributed by atoms with Crippen LogP contribution in [0.2, 0.25) is 0 Å². The van der Waals surface area contributed by atoms with Crippen molar-refractivity contribution in [1.82, 2.24) is 9.47 Å². The first-order chi connectivity index (χ1) is 11.0. The molecule has 1 unspecified atom stereocenters. The van der Waals surface area contributed by atoms with Crippen molar-refractivity contribution in [3.8, 4) is 6.07 Å². The smallest absolute Gasteiger partial charge is 0.248 e. The van der Waals surface area contributed by atoms with Crippen molar-refractivity contribution in [2.45, 2.75) is 19.6 Å². The van der Waals surface area contributed by atoms with Gasteiger partial charge in [0.2, 0.25) is 5.91 Å². The van der Waals surface area contributed by atoms with Gasteiger partial charge in [-0.25, -0.2) is 0 Å². The zero-order valence-electron chi connectivity index (χ0n) is 13.1. The Balaban J connectivity index is 2.00. The summed E-state index contributed by atoms with van der Waals surface area (Å²) in [5.74, 6) is -0.0365. The fraction of sp³-hybridized carbons (Fsp3) is 0.353. The number of carbonyl (C=O) groups excluding carboxylic acids is 2. The van der Waals surface area contributed by atoms with Crippen LogP contribution in [0.3, 0.4) is 0 Å². The highest BCUT2D eigenvalue weighted by molar-refractivity contribution is 5.92. The molecule has 1 fully saturated rings. The first-order valence-electron chi connectivity index (χ1n) is 7.39. The Kier molecular flexibility index (Phi) is 3.89. The Hall–Kier alpha value is -2.65. The summed E-state index contributed by atoms with van der Waals surface area (Å²) in [7, 11) is 1.75. The number of nitriles is 1. The van der Waals surface area contributed by atoms with E-state index >= 15 is 0 Å². The molecule has 3 rings (SSSR count). The van der Waals surface area contributed by atoms with E-state index in [9.17, 15) is 14.9 Å². The first-order valence-corrected chi connectivity index (χ1v) is 7.39. The third-order valence-corrected chi connectivity index (χ3v) is 4.37. The van der Waals surface area contributed by atoms with Crippen LogP contribution < -0.4 is 0 Å². The van der Waals surface area contributed by atoms with Crippen LogP contribution in [0.4, 0.5) is 0 Å². The number of aromatic nitrogens is 1. The number of carbonyl (C=O) groups is 2. The van der Waals surface area contributed by atoms with E-state index in [2.05, 4.69) is 6.07 Å². The molecule has 1 aliphatic rings. The average Bonchev–Trinajstić information content (AvgIpc) is 2.90. The normalized spacial score (nSPS) is 18.2. The third-order valence-electron chi connectivity index (χ3n) is 4.37. The van der Waals surface area contributed by atoms with Gasteiger partial charge < -0.3 is 14.2 Å². The van der Waals surface area contributed by atoms with Crippen LogP contribution in [0.15, 0.2) is 18.2 Å². The van der Waals surface area contributed by atoms with E-state index in [-0.39, 0.29) is 18.6 Å². The Bertz CT molecular complexity index is 832. The Morgan fingerprint density at radius 2 is 2.26 bits per heavy atom. The summed E-state index contributed by atoms with van der Waals surface area (Å²) in [6.45, 7) is 2.93. The summed E-state index contributed by atoms with van der Waals surface area (Å²) in [4.78, 5) is 24.2. The molecule has 2 aromatic rings. The highest BCUT2D eigenvalue weighted by Gasteiger charge is 2.25. The minimum Gasteiger partial charge on any atom is -0.365 e. The van der Waals surface area contributed by atoms with E-state index in [0.29, 0.717) is 24.3 Å². The molecule has 0 saturated carbocycles. The van der Waals surface area contributed by atoms with Gasteiger partial charge >= 0.3 is 0 Å². The molecule has 23 heavy (non-hydrogen) atoms. The van der Waals surface area contributed by atoms with Crippen molar-refractivity contribution in [3.63, 3.8) is 0 Å². The molecular formula is C17H17N3O3. The monoisotopic (exact) mass is 311 g/mol. The molecule has 1 aromatic carbocycles. The number of ether oxygens (including phenoxy) is 1. The number of likely N-dealkylation sites (N-methyl/N-ethyl adjacent to an activating group) is 1. The first kappa shape index (κ1) is 15.3. The van der Waals surface area contributed by atoms with Gasteiger partial charge in [0.1, 0.15) is 24.7 Å². The molecule has 1 saturated heterocycles. The lowest BCUT2D eigenvalue weighted by Gasteiger charge is -2.30. The summed E-state index contributed by atoms with van der Waals surface area (Å²) >= 11 is 0. The molecule has 118 valence electrons. The van der Waals surface area contributed by atoms with Crippen LogP contribution in [-0.4, -0.2) is 48.0 Å². The van der Waals surface area contributed by atoms with Gasteiger partial charge in [-0.1, -0.05) is 0 Å². The second-order valence-electron chi connectivity index (χ2n) is 5.79. The number of morpholine rings is 1. The Labute approximate surface area is 133 Å². The molecular weight excluding hydrogens is 294 g/mol. The van der Waals surface area contributed by atoms with Crippen LogP contribution in [-0.2, 0) is 16.1 Å². The van der Waals surface area contributed by atoms with Gasteiger partial charge in [0.25, 0.3) is 0 Å². The van der Waals surface area contributed by atoms with Crippen molar-refractivity contribution in [3.05, 3.63) is 35.0 Å². The predicted octanol–water partition coefficient (Wildman–Crippen LogP) is 1.49. The number of hydrogen-bond donors (Lipinski definition) is 0. The number of benzene rings is 1. The van der Waals surface area contributed by atoms with Crippen molar-refractivity contribution >= 4 is 23.1 Å². The number of nitrogens with zero attached hydrogens (tertiary/aromatic N) is 3. The maximum atomic E-state index is 11.5. The van der Waals surface area contributed by atoms with Gasteiger partial charge in [0.05, 0.1) is 12.6 Å². The van der Waals surface area contributed by atoms with Gasteiger partial charge in [0.15, 0.2) is 0 Å². The number of hydrogen-bond acceptors (Lipinski definition) is 4. The molecule has 1 aliphatic heterocycles. The fourth-order valence-corrected chi connectivity index (χ4v) is 2.98. The van der Waals surface area contributed by atoms with Crippen molar-refractivity contribution < 1.29 is 14.3 Å². The third kappa shape index (κ3) is 2.60. The quantitative estimate of drug-likeness (QED) is 0.805. The molecule has 6 nitrogen and oxygen atoms in total. The maximum Gasteiger partial charge on any atom is 0.248 e. The van der Waals surface area contributed by atoms with Crippen LogP contribution >= 0.6 is 0 Å². The van der Waals surface area contributed by atoms with E-state index < -0.39 is 0 Å². The number of aldehydes is 1. The molecule has 6 heteroatoms. The van der Waals surface area contributed by atoms with Crippen LogP contribution in [0.25, 0.3) is 10.9 Å². The van der Waals surface area contributed by atoms with Gasteiger partial charge in [0, 0.05) is 30.1 Å². The van der Waals surface area contributed by atoms with Crippen molar-refractivity contribution in [2.75, 3.05) is 20.2 Å².